The predicted octanol–water partition coefficient (Wildman–Crippen LogP) is 2.43. The van der Waals surface area contributed by atoms with E-state index in [0.29, 0.717) is 24.9 Å². The van der Waals surface area contributed by atoms with Crippen LogP contribution in [0.5, 0.6) is 0 Å². The molecule has 0 aliphatic heterocycles. The van der Waals surface area contributed by atoms with Crippen LogP contribution in [0, 0.1) is 12.8 Å². The summed E-state index contributed by atoms with van der Waals surface area (Å²) in [6.07, 6.45) is 5.02. The van der Waals surface area contributed by atoms with Gasteiger partial charge in [-0.3, -0.25) is 4.79 Å². The van der Waals surface area contributed by atoms with E-state index in [1.165, 1.54) is 25.7 Å². The Labute approximate surface area is 118 Å². The fraction of sp³-hybridized carbons (Fsp3) is 0.714. The summed E-state index contributed by atoms with van der Waals surface area (Å²) >= 11 is 1.57. The summed E-state index contributed by atoms with van der Waals surface area (Å²) in [6, 6.07) is 0. The Morgan fingerprint density at radius 2 is 2.21 bits per heavy atom. The lowest BCUT2D eigenvalue weighted by Crippen LogP contribution is -2.31. The molecule has 1 fully saturated rings. The molecule has 1 aromatic heterocycles. The van der Waals surface area contributed by atoms with Crippen LogP contribution in [0.1, 0.15) is 58.9 Å². The average molecular weight is 281 g/mol. The molecule has 1 aliphatic carbocycles. The first kappa shape index (κ1) is 14.5. The van der Waals surface area contributed by atoms with Gasteiger partial charge < -0.3 is 11.1 Å². The number of hydrogen-bond acceptors (Lipinski definition) is 4. The highest BCUT2D eigenvalue weighted by molar-refractivity contribution is 7.13. The lowest BCUT2D eigenvalue weighted by Gasteiger charge is -2.09. The van der Waals surface area contributed by atoms with Gasteiger partial charge >= 0.3 is 0 Å². The number of aryl methyl sites for hydroxylation is 1. The van der Waals surface area contributed by atoms with Crippen molar-refractivity contribution in [3.63, 3.8) is 0 Å². The van der Waals surface area contributed by atoms with Crippen LogP contribution in [-0.4, -0.2) is 24.0 Å². The molecule has 0 saturated heterocycles. The lowest BCUT2D eigenvalue weighted by atomic mass is 10.1. The molecule has 19 heavy (non-hydrogen) atoms. The van der Waals surface area contributed by atoms with Gasteiger partial charge in [0.15, 0.2) is 0 Å². The Hall–Kier alpha value is -0.940. The molecule has 2 rings (SSSR count). The molecule has 0 spiro atoms. The van der Waals surface area contributed by atoms with Crippen molar-refractivity contribution in [2.24, 2.45) is 11.7 Å². The normalized spacial score (nSPS) is 17.6. The van der Waals surface area contributed by atoms with Crippen LogP contribution in [0.25, 0.3) is 0 Å². The molecule has 1 saturated carbocycles. The van der Waals surface area contributed by atoms with Gasteiger partial charge in [0, 0.05) is 12.5 Å². The lowest BCUT2D eigenvalue weighted by molar-refractivity contribution is 0.0952. The minimum Gasteiger partial charge on any atom is -0.351 e. The second-order valence-corrected chi connectivity index (χ2v) is 6.53. The number of carbonyl (C=O) groups is 1. The van der Waals surface area contributed by atoms with Gasteiger partial charge in [0.1, 0.15) is 4.88 Å². The van der Waals surface area contributed by atoms with Gasteiger partial charge in [-0.1, -0.05) is 19.8 Å². The molecule has 1 aromatic rings. The first-order valence-corrected chi connectivity index (χ1v) is 7.89. The third-order valence-corrected chi connectivity index (χ3v) is 5.06. The van der Waals surface area contributed by atoms with Gasteiger partial charge in [-0.05, 0) is 32.2 Å². The van der Waals surface area contributed by atoms with Gasteiger partial charge in [0.25, 0.3) is 5.91 Å². The molecular formula is C14H23N3OS. The third kappa shape index (κ3) is 3.54. The number of nitrogens with two attached hydrogens (primary N) is 1. The first-order valence-electron chi connectivity index (χ1n) is 7.07. The summed E-state index contributed by atoms with van der Waals surface area (Å²) in [6.45, 7) is 5.18. The summed E-state index contributed by atoms with van der Waals surface area (Å²) in [4.78, 5) is 17.5. The molecule has 4 nitrogen and oxygen atoms in total. The van der Waals surface area contributed by atoms with Crippen molar-refractivity contribution >= 4 is 17.2 Å². The highest BCUT2D eigenvalue weighted by Gasteiger charge is 2.23. The number of carbonyl (C=O) groups excluding carboxylic acids is 1. The zero-order valence-electron chi connectivity index (χ0n) is 11.7. The van der Waals surface area contributed by atoms with Crippen LogP contribution >= 0.6 is 11.3 Å². The molecule has 106 valence electrons. The van der Waals surface area contributed by atoms with Crippen molar-refractivity contribution in [2.45, 2.75) is 45.4 Å². The highest BCUT2D eigenvalue weighted by atomic mass is 32.1. The molecule has 5 heteroatoms. The summed E-state index contributed by atoms with van der Waals surface area (Å²) in [5, 5.41) is 4.09. The zero-order valence-corrected chi connectivity index (χ0v) is 12.6. The maximum absolute atomic E-state index is 12.1. The number of nitrogens with one attached hydrogen (secondary N) is 1. The Morgan fingerprint density at radius 3 is 2.84 bits per heavy atom. The fourth-order valence-corrected chi connectivity index (χ4v) is 3.56. The van der Waals surface area contributed by atoms with Crippen molar-refractivity contribution in [1.29, 1.82) is 0 Å². The van der Waals surface area contributed by atoms with Crippen molar-refractivity contribution in [1.82, 2.24) is 10.3 Å². The maximum atomic E-state index is 12.1. The molecular weight excluding hydrogens is 258 g/mol. The Kier molecular flexibility index (Phi) is 4.93. The summed E-state index contributed by atoms with van der Waals surface area (Å²) < 4.78 is 0. The second kappa shape index (κ2) is 6.48. The monoisotopic (exact) mass is 281 g/mol. The van der Waals surface area contributed by atoms with Crippen LogP contribution < -0.4 is 11.1 Å². The van der Waals surface area contributed by atoms with E-state index in [0.717, 1.165) is 15.6 Å². The number of thiazole rings is 1. The minimum atomic E-state index is -0.000420. The van der Waals surface area contributed by atoms with Crippen molar-refractivity contribution < 1.29 is 4.79 Å². The van der Waals surface area contributed by atoms with Crippen molar-refractivity contribution in [3.8, 4) is 0 Å². The maximum Gasteiger partial charge on any atom is 0.263 e. The smallest absolute Gasteiger partial charge is 0.263 e. The van der Waals surface area contributed by atoms with E-state index in [4.69, 9.17) is 5.73 Å². The van der Waals surface area contributed by atoms with Crippen LogP contribution in [0.15, 0.2) is 0 Å². The SMILES string of the molecule is Cc1nc(C2CCCC2)sc1C(=O)NCC(C)CN. The standard InChI is InChI=1S/C14H23N3OS/c1-9(7-15)8-16-13(18)12-10(2)17-14(19-12)11-5-3-4-6-11/h9,11H,3-8,15H2,1-2H3,(H,16,18). The van der Waals surface area contributed by atoms with Crippen molar-refractivity contribution in [3.05, 3.63) is 15.6 Å². The molecule has 3 N–H and O–H groups in total. The van der Waals surface area contributed by atoms with Gasteiger partial charge in [0.2, 0.25) is 0 Å². The molecule has 0 aromatic carbocycles. The molecule has 0 bridgehead atoms. The zero-order chi connectivity index (χ0) is 13.8. The Bertz CT molecular complexity index is 438. The average Bonchev–Trinajstić information content (AvgIpc) is 3.04. The molecule has 1 aliphatic rings. The quantitative estimate of drug-likeness (QED) is 0.871. The van der Waals surface area contributed by atoms with Crippen LogP contribution in [0.3, 0.4) is 0 Å². The summed E-state index contributed by atoms with van der Waals surface area (Å²) in [7, 11) is 0. The van der Waals surface area contributed by atoms with E-state index >= 15 is 0 Å². The van der Waals surface area contributed by atoms with E-state index in [1.54, 1.807) is 11.3 Å². The topological polar surface area (TPSA) is 68.0 Å². The first-order chi connectivity index (χ1) is 9.11. The third-order valence-electron chi connectivity index (χ3n) is 3.74. The van der Waals surface area contributed by atoms with Gasteiger partial charge in [-0.25, -0.2) is 4.98 Å². The van der Waals surface area contributed by atoms with E-state index in [-0.39, 0.29) is 5.91 Å². The highest BCUT2D eigenvalue weighted by Crippen LogP contribution is 2.37. The van der Waals surface area contributed by atoms with Crippen LogP contribution in [-0.2, 0) is 0 Å². The Balaban J connectivity index is 2.01. The van der Waals surface area contributed by atoms with E-state index in [9.17, 15) is 4.79 Å². The van der Waals surface area contributed by atoms with Crippen LogP contribution in [0.4, 0.5) is 0 Å². The molecule has 0 radical (unpaired) electrons. The fourth-order valence-electron chi connectivity index (χ4n) is 2.41. The largest absolute Gasteiger partial charge is 0.351 e. The van der Waals surface area contributed by atoms with Crippen LogP contribution in [0.2, 0.25) is 0 Å². The molecule has 1 unspecified atom stereocenters. The van der Waals surface area contributed by atoms with E-state index in [2.05, 4.69) is 10.3 Å². The Morgan fingerprint density at radius 1 is 1.53 bits per heavy atom. The van der Waals surface area contributed by atoms with Gasteiger partial charge in [-0.15, -0.1) is 11.3 Å². The molecule has 1 heterocycles. The predicted molar refractivity (Wildman–Crippen MR) is 78.6 cm³/mol. The van der Waals surface area contributed by atoms with E-state index in [1.807, 2.05) is 13.8 Å². The number of rotatable bonds is 5. The molecule has 1 atom stereocenters. The minimum absolute atomic E-state index is 0.000420. The molecule has 1 amide bonds. The number of hydrogen-bond donors (Lipinski definition) is 2. The number of amides is 1. The van der Waals surface area contributed by atoms with Gasteiger partial charge in [0.05, 0.1) is 10.7 Å². The summed E-state index contributed by atoms with van der Waals surface area (Å²) in [5.74, 6) is 0.888. The number of nitrogens with zero attached hydrogens (tertiary/aromatic N) is 1. The number of aromatic nitrogens is 1. The van der Waals surface area contributed by atoms with E-state index < -0.39 is 0 Å². The van der Waals surface area contributed by atoms with Gasteiger partial charge in [-0.2, -0.15) is 0 Å². The van der Waals surface area contributed by atoms with Crippen molar-refractivity contribution in [2.75, 3.05) is 13.1 Å². The summed E-state index contributed by atoms with van der Waals surface area (Å²) in [5.41, 5.74) is 6.42. The second-order valence-electron chi connectivity index (χ2n) is 5.50.